The average Bonchev–Trinajstić information content (AvgIpc) is 1.86. The van der Waals surface area contributed by atoms with E-state index < -0.39 is 6.41 Å². The second-order valence-electron chi connectivity index (χ2n) is 0.876. The van der Waals surface area contributed by atoms with Crippen molar-refractivity contribution in [1.82, 2.24) is 5.73 Å². The maximum Gasteiger partial charge on any atom is 0.314 e. The van der Waals surface area contributed by atoms with Crippen LogP contribution in [0.15, 0.2) is 12.5 Å². The Morgan fingerprint density at radius 1 is 1.33 bits per heavy atom. The largest absolute Gasteiger partial charge is 0.446 e. The van der Waals surface area contributed by atoms with Gasteiger partial charge in [-0.25, -0.2) is 0 Å². The van der Waals surface area contributed by atoms with Crippen molar-refractivity contribution in [2.75, 3.05) is 0 Å². The molecule has 0 aliphatic carbocycles. The molecule has 3 nitrogen and oxygen atoms in total. The van der Waals surface area contributed by atoms with Crippen LogP contribution < -0.4 is 5.73 Å². The quantitative estimate of drug-likeness (QED) is 0.418. The highest BCUT2D eigenvalue weighted by Crippen LogP contribution is 1.97. The van der Waals surface area contributed by atoms with Crippen LogP contribution in [0.1, 0.15) is 0 Å². The van der Waals surface area contributed by atoms with Crippen molar-refractivity contribution in [2.24, 2.45) is 0 Å². The highest BCUT2D eigenvalue weighted by molar-refractivity contribution is 4.66. The lowest BCUT2D eigenvalue weighted by Gasteiger charge is -1.96. The SMILES string of the molecule is [NH]C1OC=CO1. The third kappa shape index (κ3) is 0.440. The van der Waals surface area contributed by atoms with E-state index in [0.29, 0.717) is 0 Å². The van der Waals surface area contributed by atoms with E-state index in [9.17, 15) is 0 Å². The van der Waals surface area contributed by atoms with Gasteiger partial charge in [-0.05, 0) is 0 Å². The van der Waals surface area contributed by atoms with Crippen molar-refractivity contribution in [2.45, 2.75) is 6.41 Å². The Hall–Kier alpha value is -0.700. The minimum absolute atomic E-state index is 0.815. The smallest absolute Gasteiger partial charge is 0.314 e. The van der Waals surface area contributed by atoms with Crippen molar-refractivity contribution >= 4 is 0 Å². The first-order valence-corrected chi connectivity index (χ1v) is 1.56. The number of hydrogen-bond donors (Lipinski definition) is 0. The Morgan fingerprint density at radius 3 is 2.00 bits per heavy atom. The normalized spacial score (nSPS) is 20.2. The molecular weight excluding hydrogens is 82.0 g/mol. The molecule has 0 aromatic rings. The van der Waals surface area contributed by atoms with Crippen LogP contribution in [0, 0.1) is 0 Å². The van der Waals surface area contributed by atoms with E-state index in [-0.39, 0.29) is 0 Å². The van der Waals surface area contributed by atoms with Crippen molar-refractivity contribution in [1.29, 1.82) is 0 Å². The standard InChI is InChI=1S/C3H4NO2/c4-3-5-1-2-6-3/h1-4H. The molecule has 0 aromatic carbocycles. The molecule has 0 saturated heterocycles. The van der Waals surface area contributed by atoms with Crippen LogP contribution in [0.3, 0.4) is 0 Å². The van der Waals surface area contributed by atoms with Gasteiger partial charge in [0.1, 0.15) is 12.5 Å². The van der Waals surface area contributed by atoms with Gasteiger partial charge in [0.2, 0.25) is 0 Å². The second-order valence-corrected chi connectivity index (χ2v) is 0.876. The first-order chi connectivity index (χ1) is 2.89. The third-order valence-corrected chi connectivity index (χ3v) is 0.460. The number of nitrogens with one attached hydrogen (secondary N) is 1. The molecule has 1 radical (unpaired) electrons. The Morgan fingerprint density at radius 2 is 1.83 bits per heavy atom. The first kappa shape index (κ1) is 3.49. The Kier molecular flexibility index (Phi) is 0.686. The fourth-order valence-corrected chi connectivity index (χ4v) is 0.239. The van der Waals surface area contributed by atoms with Crippen LogP contribution in [-0.2, 0) is 9.47 Å². The molecule has 0 aromatic heterocycles. The molecule has 0 spiro atoms. The minimum Gasteiger partial charge on any atom is -0.446 e. The summed E-state index contributed by atoms with van der Waals surface area (Å²) < 4.78 is 8.83. The summed E-state index contributed by atoms with van der Waals surface area (Å²) in [6.07, 6.45) is 1.87. The van der Waals surface area contributed by atoms with E-state index in [1.807, 2.05) is 0 Å². The van der Waals surface area contributed by atoms with Crippen molar-refractivity contribution < 1.29 is 9.47 Å². The minimum atomic E-state index is -0.815. The molecule has 0 saturated carbocycles. The van der Waals surface area contributed by atoms with E-state index in [0.717, 1.165) is 0 Å². The molecule has 0 atom stereocenters. The van der Waals surface area contributed by atoms with Gasteiger partial charge in [-0.2, -0.15) is 5.73 Å². The summed E-state index contributed by atoms with van der Waals surface area (Å²) >= 11 is 0. The Labute approximate surface area is 35.3 Å². The lowest BCUT2D eigenvalue weighted by Crippen LogP contribution is -2.05. The number of rotatable bonds is 0. The van der Waals surface area contributed by atoms with Crippen LogP contribution >= 0.6 is 0 Å². The lowest BCUT2D eigenvalue weighted by molar-refractivity contribution is -0.0226. The molecule has 6 heavy (non-hydrogen) atoms. The fourth-order valence-electron chi connectivity index (χ4n) is 0.239. The Balaban J connectivity index is 2.32. The zero-order valence-electron chi connectivity index (χ0n) is 3.05. The van der Waals surface area contributed by atoms with Gasteiger partial charge in [-0.1, -0.05) is 0 Å². The van der Waals surface area contributed by atoms with Crippen molar-refractivity contribution in [3.05, 3.63) is 12.5 Å². The van der Waals surface area contributed by atoms with Gasteiger partial charge in [-0.3, -0.25) is 0 Å². The summed E-state index contributed by atoms with van der Waals surface area (Å²) in [4.78, 5) is 0. The number of hydrogen-bond acceptors (Lipinski definition) is 2. The molecule has 1 rings (SSSR count). The van der Waals surface area contributed by atoms with Crippen molar-refractivity contribution in [3.63, 3.8) is 0 Å². The summed E-state index contributed by atoms with van der Waals surface area (Å²) in [5, 5.41) is 0. The van der Waals surface area contributed by atoms with Gasteiger partial charge in [-0.15, -0.1) is 0 Å². The second kappa shape index (κ2) is 1.18. The topological polar surface area (TPSA) is 42.3 Å². The van der Waals surface area contributed by atoms with E-state index >= 15 is 0 Å². The molecule has 0 amide bonds. The highest BCUT2D eigenvalue weighted by atomic mass is 16.7. The van der Waals surface area contributed by atoms with E-state index in [1.54, 1.807) is 0 Å². The van der Waals surface area contributed by atoms with Gasteiger partial charge in [0.05, 0.1) is 0 Å². The van der Waals surface area contributed by atoms with E-state index in [1.165, 1.54) is 12.5 Å². The van der Waals surface area contributed by atoms with Crippen LogP contribution in [0.25, 0.3) is 0 Å². The van der Waals surface area contributed by atoms with Gasteiger partial charge in [0.25, 0.3) is 0 Å². The van der Waals surface area contributed by atoms with Crippen LogP contribution in [0.2, 0.25) is 0 Å². The molecule has 1 aliphatic heterocycles. The van der Waals surface area contributed by atoms with Crippen LogP contribution in [0.5, 0.6) is 0 Å². The predicted molar refractivity (Wildman–Crippen MR) is 18.2 cm³/mol. The first-order valence-electron chi connectivity index (χ1n) is 1.56. The summed E-state index contributed by atoms with van der Waals surface area (Å²) in [6.45, 7) is 0. The maximum absolute atomic E-state index is 6.62. The van der Waals surface area contributed by atoms with Gasteiger partial charge in [0.15, 0.2) is 0 Å². The zero-order valence-corrected chi connectivity index (χ0v) is 3.05. The van der Waals surface area contributed by atoms with Crippen LogP contribution in [-0.4, -0.2) is 6.41 Å². The summed E-state index contributed by atoms with van der Waals surface area (Å²) in [7, 11) is 0. The monoisotopic (exact) mass is 86.0 g/mol. The molecule has 0 fully saturated rings. The summed E-state index contributed by atoms with van der Waals surface area (Å²) in [5.74, 6) is 0. The van der Waals surface area contributed by atoms with E-state index in [2.05, 4.69) is 9.47 Å². The van der Waals surface area contributed by atoms with Gasteiger partial charge in [0, 0.05) is 0 Å². The van der Waals surface area contributed by atoms with E-state index in [4.69, 9.17) is 5.73 Å². The van der Waals surface area contributed by atoms with Crippen molar-refractivity contribution in [3.8, 4) is 0 Å². The number of ether oxygens (including phenoxy) is 2. The molecule has 33 valence electrons. The highest BCUT2D eigenvalue weighted by Gasteiger charge is 2.01. The Bertz CT molecular complexity index is 63.2. The summed E-state index contributed by atoms with van der Waals surface area (Å²) in [6, 6.07) is 0. The molecule has 0 bridgehead atoms. The maximum atomic E-state index is 6.62. The molecular formula is C3H4NO2. The lowest BCUT2D eigenvalue weighted by atomic mass is 11.1. The van der Waals surface area contributed by atoms with Gasteiger partial charge < -0.3 is 9.47 Å². The van der Waals surface area contributed by atoms with Crippen LogP contribution in [0.4, 0.5) is 0 Å². The summed E-state index contributed by atoms with van der Waals surface area (Å²) in [5.41, 5.74) is 6.62. The third-order valence-electron chi connectivity index (χ3n) is 0.460. The molecule has 1 heterocycles. The molecule has 1 aliphatic rings. The molecule has 3 heteroatoms. The zero-order chi connectivity index (χ0) is 4.41. The fraction of sp³-hybridized carbons (Fsp3) is 0.333. The van der Waals surface area contributed by atoms with Gasteiger partial charge >= 0.3 is 6.41 Å². The molecule has 0 unspecified atom stereocenters. The molecule has 1 N–H and O–H groups in total. The average molecular weight is 86.1 g/mol. The predicted octanol–water partition coefficient (Wildman–Crippen LogP) is 0.0709.